The van der Waals surface area contributed by atoms with E-state index >= 15 is 0 Å². The Kier molecular flexibility index (Phi) is 6.45. The molecular formula is C22H36O5. The third-order valence-electron chi connectivity index (χ3n) is 7.01. The maximum Gasteiger partial charge on any atom is 0.303 e. The Morgan fingerprint density at radius 2 is 1.89 bits per heavy atom. The molecule has 0 spiro atoms. The number of ether oxygens (including phenoxy) is 1. The van der Waals surface area contributed by atoms with Crippen LogP contribution in [-0.2, 0) is 14.3 Å². The highest BCUT2D eigenvalue weighted by Crippen LogP contribution is 2.61. The monoisotopic (exact) mass is 380 g/mol. The van der Waals surface area contributed by atoms with Gasteiger partial charge in [0, 0.05) is 19.3 Å². The highest BCUT2D eigenvalue weighted by molar-refractivity contribution is 5.67. The fourth-order valence-corrected chi connectivity index (χ4v) is 5.89. The van der Waals surface area contributed by atoms with Crippen molar-refractivity contribution in [2.75, 3.05) is 0 Å². The molecule has 2 aliphatic rings. The second-order valence-corrected chi connectivity index (χ2v) is 9.66. The van der Waals surface area contributed by atoms with Crippen LogP contribution in [-0.4, -0.2) is 34.4 Å². The molecule has 0 heterocycles. The summed E-state index contributed by atoms with van der Waals surface area (Å²) in [6.07, 6.45) is 3.56. The average Bonchev–Trinajstić information content (AvgIpc) is 2.49. The largest absolute Gasteiger partial charge is 0.481 e. The first-order chi connectivity index (χ1) is 12.4. The normalized spacial score (nSPS) is 34.0. The van der Waals surface area contributed by atoms with Gasteiger partial charge in [0.25, 0.3) is 0 Å². The van der Waals surface area contributed by atoms with E-state index in [1.54, 1.807) is 0 Å². The molecular weight excluding hydrogens is 344 g/mol. The third kappa shape index (κ3) is 4.39. The van der Waals surface area contributed by atoms with Crippen molar-refractivity contribution >= 4 is 11.9 Å². The number of carboxylic acid groups (broad SMARTS) is 1. The number of fused-ring (bicyclic) bond motifs is 1. The molecule has 0 unspecified atom stereocenters. The van der Waals surface area contributed by atoms with Gasteiger partial charge in [-0.2, -0.15) is 0 Å². The quantitative estimate of drug-likeness (QED) is 0.529. The highest BCUT2D eigenvalue weighted by Gasteiger charge is 2.57. The number of carbonyl (C=O) groups is 2. The van der Waals surface area contributed by atoms with E-state index in [0.29, 0.717) is 0 Å². The maximum atomic E-state index is 11.7. The number of hydrogen-bond acceptors (Lipinski definition) is 4. The van der Waals surface area contributed by atoms with Gasteiger partial charge in [0.2, 0.25) is 0 Å². The predicted octanol–water partition coefficient (Wildman–Crippen LogP) is 4.33. The molecule has 154 valence electrons. The van der Waals surface area contributed by atoms with Crippen LogP contribution in [0.3, 0.4) is 0 Å². The summed E-state index contributed by atoms with van der Waals surface area (Å²) in [4.78, 5) is 22.7. The minimum Gasteiger partial charge on any atom is -0.481 e. The van der Waals surface area contributed by atoms with Crippen molar-refractivity contribution in [1.29, 1.82) is 0 Å². The van der Waals surface area contributed by atoms with Gasteiger partial charge in [-0.05, 0) is 54.9 Å². The molecule has 27 heavy (non-hydrogen) atoms. The number of aliphatic carboxylic acids is 1. The van der Waals surface area contributed by atoms with Gasteiger partial charge in [-0.25, -0.2) is 0 Å². The molecule has 0 saturated heterocycles. The topological polar surface area (TPSA) is 83.8 Å². The van der Waals surface area contributed by atoms with Crippen molar-refractivity contribution in [2.45, 2.75) is 92.3 Å². The SMILES string of the molecule is CC(=O)O[C@@H]1[C@H](O)C(C)=C(CC[C@@H](C)CC(=O)O)[C@@]2(C)CCCC(C)(C)[C@@H]12. The number of hydrogen-bond donors (Lipinski definition) is 2. The molecule has 0 aromatic heterocycles. The summed E-state index contributed by atoms with van der Waals surface area (Å²) in [6, 6.07) is 0. The Balaban J connectivity index is 2.41. The lowest BCUT2D eigenvalue weighted by molar-refractivity contribution is -0.173. The van der Waals surface area contributed by atoms with E-state index in [9.17, 15) is 14.7 Å². The van der Waals surface area contributed by atoms with E-state index in [-0.39, 0.29) is 35.1 Å². The Morgan fingerprint density at radius 3 is 2.44 bits per heavy atom. The zero-order valence-corrected chi connectivity index (χ0v) is 17.7. The lowest BCUT2D eigenvalue weighted by Crippen LogP contribution is -2.57. The summed E-state index contributed by atoms with van der Waals surface area (Å²) in [6.45, 7) is 12.0. The van der Waals surface area contributed by atoms with Crippen molar-refractivity contribution in [3.05, 3.63) is 11.1 Å². The van der Waals surface area contributed by atoms with Crippen molar-refractivity contribution in [3.63, 3.8) is 0 Å². The molecule has 0 aliphatic heterocycles. The van der Waals surface area contributed by atoms with Gasteiger partial charge in [0.15, 0.2) is 0 Å². The van der Waals surface area contributed by atoms with E-state index in [4.69, 9.17) is 9.84 Å². The van der Waals surface area contributed by atoms with E-state index < -0.39 is 18.2 Å². The number of aliphatic hydroxyl groups excluding tert-OH is 1. The first-order valence-corrected chi connectivity index (χ1v) is 10.2. The highest BCUT2D eigenvalue weighted by atomic mass is 16.6. The van der Waals surface area contributed by atoms with Crippen LogP contribution in [0.5, 0.6) is 0 Å². The molecule has 5 atom stereocenters. The fourth-order valence-electron chi connectivity index (χ4n) is 5.89. The zero-order chi connectivity index (χ0) is 20.6. The van der Waals surface area contributed by atoms with Crippen molar-refractivity contribution in [1.82, 2.24) is 0 Å². The van der Waals surface area contributed by atoms with Crippen LogP contribution in [0.2, 0.25) is 0 Å². The van der Waals surface area contributed by atoms with E-state index in [2.05, 4.69) is 20.8 Å². The molecule has 0 radical (unpaired) electrons. The van der Waals surface area contributed by atoms with Crippen LogP contribution in [0.25, 0.3) is 0 Å². The first-order valence-electron chi connectivity index (χ1n) is 10.2. The smallest absolute Gasteiger partial charge is 0.303 e. The minimum absolute atomic E-state index is 0.0473. The van der Waals surface area contributed by atoms with Gasteiger partial charge in [-0.3, -0.25) is 9.59 Å². The maximum absolute atomic E-state index is 11.7. The molecule has 2 aliphatic carbocycles. The summed E-state index contributed by atoms with van der Waals surface area (Å²) in [5, 5.41) is 20.1. The molecule has 0 aromatic rings. The van der Waals surface area contributed by atoms with Crippen LogP contribution < -0.4 is 0 Å². The van der Waals surface area contributed by atoms with Crippen molar-refractivity contribution in [2.24, 2.45) is 22.7 Å². The molecule has 2 N–H and O–H groups in total. The van der Waals surface area contributed by atoms with Crippen LogP contribution in [0.1, 0.15) is 80.1 Å². The molecule has 0 amide bonds. The Bertz CT molecular complexity index is 620. The van der Waals surface area contributed by atoms with Crippen LogP contribution in [0, 0.1) is 22.7 Å². The summed E-state index contributed by atoms with van der Waals surface area (Å²) < 4.78 is 5.67. The van der Waals surface area contributed by atoms with Gasteiger partial charge >= 0.3 is 11.9 Å². The summed E-state index contributed by atoms with van der Waals surface area (Å²) in [5.41, 5.74) is 1.95. The zero-order valence-electron chi connectivity index (χ0n) is 17.7. The van der Waals surface area contributed by atoms with E-state index in [1.165, 1.54) is 12.5 Å². The van der Waals surface area contributed by atoms with E-state index in [0.717, 1.165) is 37.7 Å². The molecule has 5 nitrogen and oxygen atoms in total. The average molecular weight is 381 g/mol. The fraction of sp³-hybridized carbons (Fsp3) is 0.818. The molecule has 2 rings (SSSR count). The van der Waals surface area contributed by atoms with Crippen LogP contribution in [0.15, 0.2) is 11.1 Å². The Labute approximate surface area is 163 Å². The number of esters is 1. The number of rotatable bonds is 6. The second kappa shape index (κ2) is 7.94. The van der Waals surface area contributed by atoms with Gasteiger partial charge in [0.05, 0.1) is 0 Å². The summed E-state index contributed by atoms with van der Waals surface area (Å²) >= 11 is 0. The Morgan fingerprint density at radius 1 is 1.26 bits per heavy atom. The predicted molar refractivity (Wildman–Crippen MR) is 104 cm³/mol. The Hall–Kier alpha value is -1.36. The third-order valence-corrected chi connectivity index (χ3v) is 7.01. The lowest BCUT2D eigenvalue weighted by atomic mass is 9.48. The lowest BCUT2D eigenvalue weighted by Gasteiger charge is -2.58. The summed E-state index contributed by atoms with van der Waals surface area (Å²) in [5.74, 6) is -0.986. The molecule has 0 bridgehead atoms. The van der Waals surface area contributed by atoms with Crippen LogP contribution >= 0.6 is 0 Å². The van der Waals surface area contributed by atoms with Crippen LogP contribution in [0.4, 0.5) is 0 Å². The summed E-state index contributed by atoms with van der Waals surface area (Å²) in [7, 11) is 0. The van der Waals surface area contributed by atoms with Crippen molar-refractivity contribution < 1.29 is 24.5 Å². The second-order valence-electron chi connectivity index (χ2n) is 9.66. The van der Waals surface area contributed by atoms with Gasteiger partial charge in [-0.1, -0.05) is 39.7 Å². The van der Waals surface area contributed by atoms with Crippen molar-refractivity contribution in [3.8, 4) is 0 Å². The molecule has 5 heteroatoms. The standard InChI is InChI=1S/C22H36O5/c1-13(12-17(24)25)8-9-16-14(2)18(26)19(27-15(3)23)20-21(4,5)10-7-11-22(16,20)6/h13,18-20,26H,7-12H2,1-6H3,(H,24,25)/t13-,18-,19-,20-,22-/m1/s1. The number of carbonyl (C=O) groups excluding carboxylic acids is 1. The first kappa shape index (κ1) is 21.9. The number of allylic oxidation sites excluding steroid dienone is 1. The van der Waals surface area contributed by atoms with Gasteiger partial charge in [0.1, 0.15) is 12.2 Å². The molecule has 1 fully saturated rings. The van der Waals surface area contributed by atoms with Gasteiger partial charge < -0.3 is 14.9 Å². The number of aliphatic hydroxyl groups is 1. The minimum atomic E-state index is -0.797. The molecule has 1 saturated carbocycles. The van der Waals surface area contributed by atoms with E-state index in [1.807, 2.05) is 13.8 Å². The number of carboxylic acids is 1. The molecule has 0 aromatic carbocycles. The van der Waals surface area contributed by atoms with Gasteiger partial charge in [-0.15, -0.1) is 0 Å².